The molecule has 1 saturated heterocycles. The summed E-state index contributed by atoms with van der Waals surface area (Å²) < 4.78 is 5.52. The van der Waals surface area contributed by atoms with Gasteiger partial charge in [-0.25, -0.2) is 0 Å². The Morgan fingerprint density at radius 1 is 1.35 bits per heavy atom. The second-order valence-electron chi connectivity index (χ2n) is 5.31. The number of hydrogen-bond acceptors (Lipinski definition) is 4. The molecular formula is C13H23N3O. The molecule has 2 N–H and O–H groups in total. The molecule has 0 amide bonds. The Kier molecular flexibility index (Phi) is 3.74. The van der Waals surface area contributed by atoms with Gasteiger partial charge >= 0.3 is 0 Å². The van der Waals surface area contributed by atoms with Crippen LogP contribution in [0.5, 0.6) is 0 Å². The van der Waals surface area contributed by atoms with E-state index in [9.17, 15) is 0 Å². The van der Waals surface area contributed by atoms with Crippen molar-refractivity contribution in [1.82, 2.24) is 10.2 Å². The summed E-state index contributed by atoms with van der Waals surface area (Å²) in [5.74, 6) is 1.82. The largest absolute Gasteiger partial charge is 0.446 e. The van der Waals surface area contributed by atoms with Crippen LogP contribution in [0.25, 0.3) is 0 Å². The lowest BCUT2D eigenvalue weighted by Crippen LogP contribution is -2.56. The molecule has 0 unspecified atom stereocenters. The minimum atomic E-state index is 0.156. The standard InChI is InChI=1S/C13H23N3O/c1-11-4-5-12(17-11)15-10-13(2,3)16-8-6-14-7-9-16/h4-5,14-15H,6-10H2,1-3H3. The summed E-state index contributed by atoms with van der Waals surface area (Å²) in [6.45, 7) is 11.8. The maximum atomic E-state index is 5.52. The summed E-state index contributed by atoms with van der Waals surface area (Å²) in [7, 11) is 0. The minimum Gasteiger partial charge on any atom is -0.446 e. The number of aryl methyl sites for hydroxylation is 1. The molecule has 2 rings (SSSR count). The SMILES string of the molecule is Cc1ccc(NCC(C)(C)N2CCNCC2)o1. The van der Waals surface area contributed by atoms with E-state index in [2.05, 4.69) is 29.4 Å². The van der Waals surface area contributed by atoms with Crippen LogP contribution in [-0.2, 0) is 0 Å². The van der Waals surface area contributed by atoms with Crippen LogP contribution in [0.4, 0.5) is 5.88 Å². The lowest BCUT2D eigenvalue weighted by Gasteiger charge is -2.41. The predicted octanol–water partition coefficient (Wildman–Crippen LogP) is 1.68. The molecule has 1 aromatic heterocycles. The summed E-state index contributed by atoms with van der Waals surface area (Å²) in [6, 6.07) is 3.98. The van der Waals surface area contributed by atoms with Crippen molar-refractivity contribution in [3.63, 3.8) is 0 Å². The van der Waals surface area contributed by atoms with Crippen molar-refractivity contribution < 1.29 is 4.42 Å². The van der Waals surface area contributed by atoms with Crippen LogP contribution >= 0.6 is 0 Å². The lowest BCUT2D eigenvalue weighted by atomic mass is 10.0. The average Bonchev–Trinajstić information content (AvgIpc) is 2.74. The highest BCUT2D eigenvalue weighted by atomic mass is 16.4. The van der Waals surface area contributed by atoms with Gasteiger partial charge in [-0.2, -0.15) is 0 Å². The topological polar surface area (TPSA) is 40.4 Å². The Morgan fingerprint density at radius 3 is 2.65 bits per heavy atom. The molecular weight excluding hydrogens is 214 g/mol. The van der Waals surface area contributed by atoms with E-state index in [-0.39, 0.29) is 5.54 Å². The number of anilines is 1. The summed E-state index contributed by atoms with van der Waals surface area (Å²) in [4.78, 5) is 2.52. The minimum absolute atomic E-state index is 0.156. The fourth-order valence-corrected chi connectivity index (χ4v) is 2.21. The number of piperazine rings is 1. The summed E-state index contributed by atoms with van der Waals surface area (Å²) >= 11 is 0. The zero-order valence-electron chi connectivity index (χ0n) is 11.0. The smallest absolute Gasteiger partial charge is 0.193 e. The molecule has 1 aliphatic rings. The van der Waals surface area contributed by atoms with Crippen LogP contribution in [-0.4, -0.2) is 43.2 Å². The second-order valence-corrected chi connectivity index (χ2v) is 5.31. The van der Waals surface area contributed by atoms with Crippen molar-refractivity contribution in [3.05, 3.63) is 17.9 Å². The van der Waals surface area contributed by atoms with Gasteiger partial charge in [0.2, 0.25) is 0 Å². The van der Waals surface area contributed by atoms with E-state index < -0.39 is 0 Å². The van der Waals surface area contributed by atoms with E-state index in [1.165, 1.54) is 0 Å². The van der Waals surface area contributed by atoms with Crippen LogP contribution in [0.15, 0.2) is 16.5 Å². The number of hydrogen-bond donors (Lipinski definition) is 2. The Hall–Kier alpha value is -1.00. The first-order valence-corrected chi connectivity index (χ1v) is 6.34. The molecule has 0 atom stereocenters. The van der Waals surface area contributed by atoms with Gasteiger partial charge in [-0.1, -0.05) is 0 Å². The Balaban J connectivity index is 1.87. The van der Waals surface area contributed by atoms with E-state index in [1.807, 2.05) is 19.1 Å². The first-order valence-electron chi connectivity index (χ1n) is 6.34. The van der Waals surface area contributed by atoms with Gasteiger partial charge < -0.3 is 15.1 Å². The molecule has 0 bridgehead atoms. The van der Waals surface area contributed by atoms with Crippen molar-refractivity contribution >= 4 is 5.88 Å². The molecule has 1 aromatic rings. The van der Waals surface area contributed by atoms with Crippen LogP contribution in [0.3, 0.4) is 0 Å². The van der Waals surface area contributed by atoms with E-state index in [1.54, 1.807) is 0 Å². The molecule has 4 heteroatoms. The Morgan fingerprint density at radius 2 is 2.06 bits per heavy atom. The number of furan rings is 1. The summed E-state index contributed by atoms with van der Waals surface area (Å²) in [6.07, 6.45) is 0. The highest BCUT2D eigenvalue weighted by Crippen LogP contribution is 2.18. The van der Waals surface area contributed by atoms with Crippen molar-refractivity contribution in [2.45, 2.75) is 26.3 Å². The molecule has 0 aromatic carbocycles. The van der Waals surface area contributed by atoms with Gasteiger partial charge in [0.05, 0.1) is 0 Å². The van der Waals surface area contributed by atoms with Crippen LogP contribution < -0.4 is 10.6 Å². The maximum Gasteiger partial charge on any atom is 0.193 e. The highest BCUT2D eigenvalue weighted by Gasteiger charge is 2.27. The van der Waals surface area contributed by atoms with Crippen molar-refractivity contribution in [3.8, 4) is 0 Å². The molecule has 0 aliphatic carbocycles. The van der Waals surface area contributed by atoms with Crippen molar-refractivity contribution in [1.29, 1.82) is 0 Å². The van der Waals surface area contributed by atoms with Gasteiger partial charge in [-0.15, -0.1) is 0 Å². The van der Waals surface area contributed by atoms with Crippen LogP contribution in [0, 0.1) is 6.92 Å². The Bertz CT molecular complexity index is 353. The summed E-state index contributed by atoms with van der Waals surface area (Å²) in [5, 5.41) is 6.76. The number of nitrogens with zero attached hydrogens (tertiary/aromatic N) is 1. The first kappa shape index (κ1) is 12.5. The van der Waals surface area contributed by atoms with Gasteiger partial charge in [0.1, 0.15) is 5.76 Å². The zero-order chi connectivity index (χ0) is 12.3. The van der Waals surface area contributed by atoms with E-state index in [0.717, 1.165) is 44.4 Å². The van der Waals surface area contributed by atoms with Crippen molar-refractivity contribution in [2.24, 2.45) is 0 Å². The average molecular weight is 237 g/mol. The molecule has 0 spiro atoms. The molecule has 4 nitrogen and oxygen atoms in total. The van der Waals surface area contributed by atoms with Gasteiger partial charge in [-0.05, 0) is 26.8 Å². The molecule has 96 valence electrons. The third kappa shape index (κ3) is 3.23. The monoisotopic (exact) mass is 237 g/mol. The van der Waals surface area contributed by atoms with Crippen molar-refractivity contribution in [2.75, 3.05) is 38.0 Å². The fraction of sp³-hybridized carbons (Fsp3) is 0.692. The van der Waals surface area contributed by atoms with E-state index in [4.69, 9.17) is 4.42 Å². The normalized spacial score (nSPS) is 18.3. The lowest BCUT2D eigenvalue weighted by molar-refractivity contribution is 0.113. The second kappa shape index (κ2) is 5.10. The van der Waals surface area contributed by atoms with Gasteiger partial charge in [0.15, 0.2) is 5.88 Å². The predicted molar refractivity (Wildman–Crippen MR) is 70.5 cm³/mol. The molecule has 0 saturated carbocycles. The zero-order valence-corrected chi connectivity index (χ0v) is 11.0. The first-order chi connectivity index (χ1) is 8.08. The van der Waals surface area contributed by atoms with Crippen LogP contribution in [0.2, 0.25) is 0 Å². The third-order valence-electron chi connectivity index (χ3n) is 3.41. The maximum absolute atomic E-state index is 5.52. The van der Waals surface area contributed by atoms with Crippen LogP contribution in [0.1, 0.15) is 19.6 Å². The third-order valence-corrected chi connectivity index (χ3v) is 3.41. The Labute approximate surface area is 103 Å². The molecule has 1 aliphatic heterocycles. The highest BCUT2D eigenvalue weighted by molar-refractivity contribution is 5.32. The quantitative estimate of drug-likeness (QED) is 0.836. The number of nitrogens with one attached hydrogen (secondary N) is 2. The molecule has 17 heavy (non-hydrogen) atoms. The van der Waals surface area contributed by atoms with E-state index in [0.29, 0.717) is 0 Å². The summed E-state index contributed by atoms with van der Waals surface area (Å²) in [5.41, 5.74) is 0.156. The van der Waals surface area contributed by atoms with Gasteiger partial charge in [0, 0.05) is 44.3 Å². The number of rotatable bonds is 4. The van der Waals surface area contributed by atoms with Gasteiger partial charge in [-0.3, -0.25) is 4.90 Å². The van der Waals surface area contributed by atoms with Gasteiger partial charge in [0.25, 0.3) is 0 Å². The van der Waals surface area contributed by atoms with E-state index >= 15 is 0 Å². The molecule has 0 radical (unpaired) electrons. The fourth-order valence-electron chi connectivity index (χ4n) is 2.21. The molecule has 1 fully saturated rings. The molecule has 2 heterocycles.